The molecular formula is C17H13BrFN3O4S. The van der Waals surface area contributed by atoms with E-state index in [9.17, 15) is 17.6 Å². The van der Waals surface area contributed by atoms with Crippen molar-refractivity contribution < 1.29 is 22.3 Å². The molecule has 2 aromatic carbocycles. The van der Waals surface area contributed by atoms with Crippen LogP contribution in [0.15, 0.2) is 64.2 Å². The van der Waals surface area contributed by atoms with Gasteiger partial charge in [-0.25, -0.2) is 22.3 Å². The topological polar surface area (TPSA) is 90.3 Å². The zero-order valence-corrected chi connectivity index (χ0v) is 16.3. The van der Waals surface area contributed by atoms with Crippen LogP contribution in [0.3, 0.4) is 0 Å². The number of halogens is 2. The predicted molar refractivity (Wildman–Crippen MR) is 99.8 cm³/mol. The lowest BCUT2D eigenvalue weighted by atomic mass is 10.2. The molecule has 10 heteroatoms. The molecule has 3 aromatic rings. The first-order valence-electron chi connectivity index (χ1n) is 7.51. The van der Waals surface area contributed by atoms with E-state index >= 15 is 0 Å². The number of hydrogen-bond acceptors (Lipinski definition) is 5. The highest BCUT2D eigenvalue weighted by Gasteiger charge is 2.19. The summed E-state index contributed by atoms with van der Waals surface area (Å²) in [5, 5.41) is 4.00. The summed E-state index contributed by atoms with van der Waals surface area (Å²) in [7, 11) is -2.67. The fraction of sp³-hybridized carbons (Fsp3) is 0.0588. The first-order valence-corrected chi connectivity index (χ1v) is 9.79. The Hall–Kier alpha value is -2.72. The lowest BCUT2D eigenvalue weighted by molar-refractivity contribution is 0.0600. The second-order valence-electron chi connectivity index (χ2n) is 5.39. The number of carbonyl (C=O) groups excluding carboxylic acids is 1. The average Bonchev–Trinajstić information content (AvgIpc) is 3.14. The van der Waals surface area contributed by atoms with E-state index in [1.54, 1.807) is 0 Å². The van der Waals surface area contributed by atoms with E-state index in [2.05, 4.69) is 30.5 Å². The molecule has 0 aliphatic heterocycles. The summed E-state index contributed by atoms with van der Waals surface area (Å²) in [6, 6.07) is 9.80. The van der Waals surface area contributed by atoms with E-state index in [1.807, 2.05) is 0 Å². The second kappa shape index (κ2) is 7.49. The molecule has 3 rings (SSSR count). The summed E-state index contributed by atoms with van der Waals surface area (Å²) in [6.45, 7) is 0. The minimum atomic E-state index is -3.92. The van der Waals surface area contributed by atoms with E-state index in [0.29, 0.717) is 10.2 Å². The van der Waals surface area contributed by atoms with E-state index in [4.69, 9.17) is 0 Å². The minimum Gasteiger partial charge on any atom is -0.465 e. The van der Waals surface area contributed by atoms with Gasteiger partial charge in [0.2, 0.25) is 0 Å². The molecule has 0 unspecified atom stereocenters. The fourth-order valence-corrected chi connectivity index (χ4v) is 3.85. The van der Waals surface area contributed by atoms with Crippen molar-refractivity contribution in [2.24, 2.45) is 0 Å². The summed E-state index contributed by atoms with van der Waals surface area (Å²) in [5.74, 6) is -0.939. The van der Waals surface area contributed by atoms with Crippen molar-refractivity contribution in [1.82, 2.24) is 9.78 Å². The molecule has 0 aliphatic rings. The first-order chi connectivity index (χ1) is 12.8. The third kappa shape index (κ3) is 4.17. The van der Waals surface area contributed by atoms with Crippen LogP contribution in [-0.4, -0.2) is 31.3 Å². The molecule has 0 bridgehead atoms. The molecule has 27 heavy (non-hydrogen) atoms. The molecule has 0 amide bonds. The molecule has 0 saturated heterocycles. The van der Waals surface area contributed by atoms with Crippen LogP contribution in [0, 0.1) is 5.82 Å². The van der Waals surface area contributed by atoms with Gasteiger partial charge in [-0.2, -0.15) is 5.10 Å². The Morgan fingerprint density at radius 1 is 1.22 bits per heavy atom. The average molecular weight is 454 g/mol. The number of carbonyl (C=O) groups is 1. The summed E-state index contributed by atoms with van der Waals surface area (Å²) in [6.07, 6.45) is 2.49. The third-order valence-electron chi connectivity index (χ3n) is 3.59. The molecule has 1 heterocycles. The van der Waals surface area contributed by atoms with Crippen LogP contribution in [0.4, 0.5) is 10.1 Å². The quantitative estimate of drug-likeness (QED) is 0.598. The lowest BCUT2D eigenvalue weighted by Gasteiger charge is -2.09. The van der Waals surface area contributed by atoms with Gasteiger partial charge in [0.15, 0.2) is 0 Å². The molecule has 7 nitrogen and oxygen atoms in total. The van der Waals surface area contributed by atoms with Gasteiger partial charge in [0.25, 0.3) is 10.0 Å². The maximum absolute atomic E-state index is 13.0. The largest absolute Gasteiger partial charge is 0.465 e. The van der Waals surface area contributed by atoms with Gasteiger partial charge in [-0.3, -0.25) is 4.72 Å². The van der Waals surface area contributed by atoms with Crippen molar-refractivity contribution in [3.63, 3.8) is 0 Å². The van der Waals surface area contributed by atoms with Gasteiger partial charge in [0.1, 0.15) is 10.7 Å². The number of aromatic nitrogens is 2. The highest BCUT2D eigenvalue weighted by Crippen LogP contribution is 2.26. The maximum Gasteiger partial charge on any atom is 0.337 e. The van der Waals surface area contributed by atoms with Gasteiger partial charge >= 0.3 is 5.97 Å². The predicted octanol–water partition coefficient (Wildman–Crippen LogP) is 3.36. The van der Waals surface area contributed by atoms with Crippen LogP contribution in [-0.2, 0) is 14.8 Å². The number of benzene rings is 2. The van der Waals surface area contributed by atoms with Gasteiger partial charge in [0, 0.05) is 4.47 Å². The van der Waals surface area contributed by atoms with Crippen LogP contribution >= 0.6 is 15.9 Å². The number of sulfonamides is 1. The molecule has 0 saturated carbocycles. The summed E-state index contributed by atoms with van der Waals surface area (Å²) in [4.78, 5) is 11.5. The Morgan fingerprint density at radius 2 is 1.93 bits per heavy atom. The highest BCUT2D eigenvalue weighted by atomic mass is 79.9. The monoisotopic (exact) mass is 453 g/mol. The molecule has 140 valence electrons. The summed E-state index contributed by atoms with van der Waals surface area (Å²) >= 11 is 3.23. The molecule has 0 spiro atoms. The molecule has 0 atom stereocenters. The Kier molecular flexibility index (Phi) is 5.29. The number of ether oxygens (including phenoxy) is 1. The number of esters is 1. The van der Waals surface area contributed by atoms with Crippen molar-refractivity contribution in [3.05, 3.63) is 70.7 Å². The molecule has 0 fully saturated rings. The number of anilines is 1. The van der Waals surface area contributed by atoms with E-state index in [1.165, 1.54) is 66.6 Å². The van der Waals surface area contributed by atoms with Crippen LogP contribution < -0.4 is 4.72 Å². The van der Waals surface area contributed by atoms with E-state index < -0.39 is 21.8 Å². The zero-order chi connectivity index (χ0) is 19.6. The highest BCUT2D eigenvalue weighted by molar-refractivity contribution is 9.10. The van der Waals surface area contributed by atoms with Crippen LogP contribution in [0.25, 0.3) is 5.69 Å². The van der Waals surface area contributed by atoms with Gasteiger partial charge in [-0.15, -0.1) is 0 Å². The standard InChI is InChI=1S/C17H13BrFN3O4S/c1-26-17(23)11-2-7-16(15(18)8-11)21-27(24,25)14-9-20-22(10-14)13-5-3-12(19)4-6-13/h2-10,21H,1H3. The van der Waals surface area contributed by atoms with Crippen molar-refractivity contribution in [3.8, 4) is 5.69 Å². The summed E-state index contributed by atoms with van der Waals surface area (Å²) in [5.41, 5.74) is 1.04. The van der Waals surface area contributed by atoms with Crippen molar-refractivity contribution in [1.29, 1.82) is 0 Å². The van der Waals surface area contributed by atoms with Crippen molar-refractivity contribution in [2.75, 3.05) is 11.8 Å². The maximum atomic E-state index is 13.0. The van der Waals surface area contributed by atoms with Crippen LogP contribution in [0.2, 0.25) is 0 Å². The number of hydrogen-bond donors (Lipinski definition) is 1. The first kappa shape index (κ1) is 19.1. The Bertz CT molecular complexity index is 1100. The van der Waals surface area contributed by atoms with Crippen molar-refractivity contribution >= 4 is 37.6 Å². The minimum absolute atomic E-state index is 0.0734. The SMILES string of the molecule is COC(=O)c1ccc(NS(=O)(=O)c2cnn(-c3ccc(F)cc3)c2)c(Br)c1. The van der Waals surface area contributed by atoms with Gasteiger partial charge in [0.05, 0.1) is 36.4 Å². The fourth-order valence-electron chi connectivity index (χ4n) is 2.23. The molecular weight excluding hydrogens is 441 g/mol. The van der Waals surface area contributed by atoms with E-state index in [0.717, 1.165) is 0 Å². The van der Waals surface area contributed by atoms with Crippen LogP contribution in [0.1, 0.15) is 10.4 Å². The smallest absolute Gasteiger partial charge is 0.337 e. The summed E-state index contributed by atoms with van der Waals surface area (Å²) < 4.78 is 46.9. The molecule has 1 aromatic heterocycles. The zero-order valence-electron chi connectivity index (χ0n) is 13.9. The van der Waals surface area contributed by atoms with E-state index in [-0.39, 0.29) is 16.1 Å². The van der Waals surface area contributed by atoms with Gasteiger partial charge in [-0.1, -0.05) is 0 Å². The number of nitrogens with zero attached hydrogens (tertiary/aromatic N) is 2. The Labute approximate surface area is 163 Å². The lowest BCUT2D eigenvalue weighted by Crippen LogP contribution is -2.13. The molecule has 0 radical (unpaired) electrons. The number of methoxy groups -OCH3 is 1. The van der Waals surface area contributed by atoms with Gasteiger partial charge < -0.3 is 4.74 Å². The Balaban J connectivity index is 1.85. The third-order valence-corrected chi connectivity index (χ3v) is 5.57. The molecule has 1 N–H and O–H groups in total. The normalized spacial score (nSPS) is 11.2. The Morgan fingerprint density at radius 3 is 2.56 bits per heavy atom. The molecule has 0 aliphatic carbocycles. The van der Waals surface area contributed by atoms with Gasteiger partial charge in [-0.05, 0) is 58.4 Å². The van der Waals surface area contributed by atoms with Crippen LogP contribution in [0.5, 0.6) is 0 Å². The number of rotatable bonds is 5. The second-order valence-corrected chi connectivity index (χ2v) is 7.93. The number of nitrogens with one attached hydrogen (secondary N) is 1. The van der Waals surface area contributed by atoms with Crippen molar-refractivity contribution in [2.45, 2.75) is 4.90 Å².